The fourth-order valence-electron chi connectivity index (χ4n) is 0.202. The lowest BCUT2D eigenvalue weighted by molar-refractivity contribution is 0.156. The highest BCUT2D eigenvalue weighted by molar-refractivity contribution is 9.10. The van der Waals surface area contributed by atoms with Crippen molar-refractivity contribution < 1.29 is 5.11 Å². The fourth-order valence-corrected chi connectivity index (χ4v) is 0.431. The molecule has 3 N–H and O–H groups in total. The molecule has 0 amide bonds. The van der Waals surface area contributed by atoms with Crippen molar-refractivity contribution in [2.75, 3.05) is 0 Å². The van der Waals surface area contributed by atoms with Crippen LogP contribution < -0.4 is 5.73 Å². The molecular formula is C4H8BrNO. The lowest BCUT2D eigenvalue weighted by Gasteiger charge is -2.09. The monoisotopic (exact) mass is 165 g/mol. The van der Waals surface area contributed by atoms with E-state index in [-0.39, 0.29) is 0 Å². The van der Waals surface area contributed by atoms with Crippen molar-refractivity contribution in [3.8, 4) is 0 Å². The second kappa shape index (κ2) is 2.45. The van der Waals surface area contributed by atoms with E-state index in [1.165, 1.54) is 6.08 Å². The molecule has 0 saturated heterocycles. The summed E-state index contributed by atoms with van der Waals surface area (Å²) in [6.07, 6.45) is 1.89. The van der Waals surface area contributed by atoms with E-state index in [0.29, 0.717) is 6.42 Å². The van der Waals surface area contributed by atoms with Crippen LogP contribution in [0, 0.1) is 0 Å². The minimum absolute atomic E-state index is 0.354. The first-order valence-corrected chi connectivity index (χ1v) is 2.66. The highest BCUT2D eigenvalue weighted by Gasteiger charge is 2.10. The summed E-state index contributed by atoms with van der Waals surface area (Å²) in [6.45, 7) is 3.38. The maximum atomic E-state index is 8.64. The Hall–Kier alpha value is 0.140. The fraction of sp³-hybridized carbons (Fsp3) is 0.500. The van der Waals surface area contributed by atoms with E-state index in [2.05, 4.69) is 22.5 Å². The normalized spacial score (nSPS) is 18.1. The van der Waals surface area contributed by atoms with Crippen LogP contribution in [-0.2, 0) is 0 Å². The van der Waals surface area contributed by atoms with E-state index in [9.17, 15) is 0 Å². The lowest BCUT2D eigenvalue weighted by Crippen LogP contribution is -2.30. The van der Waals surface area contributed by atoms with Gasteiger partial charge in [0.15, 0.2) is 4.63 Å². The molecule has 0 aliphatic rings. The topological polar surface area (TPSA) is 46.2 Å². The Kier molecular flexibility index (Phi) is 2.50. The molecule has 0 saturated carbocycles. The Morgan fingerprint density at radius 1 is 2.00 bits per heavy atom. The van der Waals surface area contributed by atoms with Crippen LogP contribution >= 0.6 is 15.9 Å². The maximum Gasteiger partial charge on any atom is 0.173 e. The third kappa shape index (κ3) is 6.14. The number of hydrogen-bond donors (Lipinski definition) is 2. The van der Waals surface area contributed by atoms with Crippen molar-refractivity contribution in [1.29, 1.82) is 0 Å². The van der Waals surface area contributed by atoms with Gasteiger partial charge in [-0.25, -0.2) is 0 Å². The Bertz CT molecular complexity index is 66.6. The first kappa shape index (κ1) is 7.14. The zero-order valence-electron chi connectivity index (χ0n) is 3.89. The van der Waals surface area contributed by atoms with Gasteiger partial charge in [-0.05, 0) is 15.9 Å². The van der Waals surface area contributed by atoms with E-state index in [0.717, 1.165) is 0 Å². The van der Waals surface area contributed by atoms with Gasteiger partial charge in [-0.2, -0.15) is 0 Å². The van der Waals surface area contributed by atoms with Crippen LogP contribution in [0.3, 0.4) is 0 Å². The predicted octanol–water partition coefficient (Wildman–Crippen LogP) is 0.562. The van der Waals surface area contributed by atoms with Gasteiger partial charge in [-0.15, -0.1) is 6.58 Å². The number of aliphatic hydroxyl groups is 1. The maximum absolute atomic E-state index is 8.64. The number of alkyl halides is 1. The van der Waals surface area contributed by atoms with Crippen molar-refractivity contribution in [1.82, 2.24) is 0 Å². The van der Waals surface area contributed by atoms with Crippen LogP contribution in [0.2, 0.25) is 0 Å². The van der Waals surface area contributed by atoms with Crippen molar-refractivity contribution in [3.63, 3.8) is 0 Å². The zero-order valence-corrected chi connectivity index (χ0v) is 5.48. The molecule has 2 nitrogen and oxygen atoms in total. The van der Waals surface area contributed by atoms with Crippen LogP contribution in [0.25, 0.3) is 0 Å². The molecule has 0 aliphatic heterocycles. The smallest absolute Gasteiger partial charge is 0.173 e. The van der Waals surface area contributed by atoms with Crippen molar-refractivity contribution in [2.45, 2.75) is 11.1 Å². The van der Waals surface area contributed by atoms with Gasteiger partial charge < -0.3 is 5.11 Å². The quantitative estimate of drug-likeness (QED) is 0.272. The molecular weight excluding hydrogens is 158 g/mol. The average molecular weight is 166 g/mol. The molecule has 0 bridgehead atoms. The van der Waals surface area contributed by atoms with Crippen LogP contribution in [0.5, 0.6) is 0 Å². The Balaban J connectivity index is 3.34. The molecule has 0 aliphatic carbocycles. The average Bonchev–Trinajstić information content (AvgIpc) is 1.30. The second-order valence-electron chi connectivity index (χ2n) is 1.31. The van der Waals surface area contributed by atoms with Gasteiger partial charge in [0.1, 0.15) is 0 Å². The molecule has 0 aromatic rings. The van der Waals surface area contributed by atoms with E-state index in [1.807, 2.05) is 0 Å². The Morgan fingerprint density at radius 2 is 2.43 bits per heavy atom. The summed E-state index contributed by atoms with van der Waals surface area (Å²) in [4.78, 5) is 0. The van der Waals surface area contributed by atoms with Crippen LogP contribution in [0.1, 0.15) is 6.42 Å². The van der Waals surface area contributed by atoms with E-state index in [1.54, 1.807) is 0 Å². The van der Waals surface area contributed by atoms with Crippen molar-refractivity contribution >= 4 is 15.9 Å². The summed E-state index contributed by atoms with van der Waals surface area (Å²) in [5.74, 6) is 0. The van der Waals surface area contributed by atoms with Gasteiger partial charge in [0.2, 0.25) is 0 Å². The van der Waals surface area contributed by atoms with E-state index in [4.69, 9.17) is 10.8 Å². The minimum atomic E-state index is -1.26. The first-order valence-electron chi connectivity index (χ1n) is 1.87. The number of hydrogen-bond acceptors (Lipinski definition) is 2. The number of rotatable bonds is 2. The van der Waals surface area contributed by atoms with Crippen molar-refractivity contribution in [3.05, 3.63) is 12.7 Å². The van der Waals surface area contributed by atoms with Crippen LogP contribution in [0.15, 0.2) is 12.7 Å². The third-order valence-corrected chi connectivity index (χ3v) is 0.754. The summed E-state index contributed by atoms with van der Waals surface area (Å²) in [5.41, 5.74) is 5.05. The summed E-state index contributed by atoms with van der Waals surface area (Å²) in [7, 11) is 0. The molecule has 0 radical (unpaired) electrons. The predicted molar refractivity (Wildman–Crippen MR) is 32.9 cm³/mol. The lowest BCUT2D eigenvalue weighted by atomic mass is 10.4. The van der Waals surface area contributed by atoms with E-state index < -0.39 is 4.63 Å². The number of halogens is 1. The molecule has 0 heterocycles. The van der Waals surface area contributed by atoms with E-state index >= 15 is 0 Å². The number of nitrogens with two attached hydrogens (primary N) is 1. The highest BCUT2D eigenvalue weighted by atomic mass is 79.9. The Morgan fingerprint density at radius 3 is 2.43 bits per heavy atom. The molecule has 0 rings (SSSR count). The van der Waals surface area contributed by atoms with Gasteiger partial charge in [0.05, 0.1) is 0 Å². The van der Waals surface area contributed by atoms with Crippen LogP contribution in [0.4, 0.5) is 0 Å². The summed E-state index contributed by atoms with van der Waals surface area (Å²) in [6, 6.07) is 0. The van der Waals surface area contributed by atoms with Crippen molar-refractivity contribution in [2.24, 2.45) is 5.73 Å². The molecule has 3 heteroatoms. The van der Waals surface area contributed by atoms with Gasteiger partial charge in [-0.3, -0.25) is 5.73 Å². The summed E-state index contributed by atoms with van der Waals surface area (Å²) >= 11 is 2.80. The molecule has 0 aromatic carbocycles. The Labute approximate surface area is 51.1 Å². The summed E-state index contributed by atoms with van der Waals surface area (Å²) in [5, 5.41) is 8.64. The second-order valence-corrected chi connectivity index (χ2v) is 2.68. The first-order chi connectivity index (χ1) is 3.06. The third-order valence-electron chi connectivity index (χ3n) is 0.431. The SMILES string of the molecule is C=CCC(N)(O)Br. The molecule has 7 heavy (non-hydrogen) atoms. The molecule has 0 spiro atoms. The largest absolute Gasteiger partial charge is 0.366 e. The molecule has 0 aromatic heterocycles. The standard InChI is InChI=1S/C4H8BrNO/c1-2-3-4(5,6)7/h2,7H,1,3,6H2. The minimum Gasteiger partial charge on any atom is -0.366 e. The van der Waals surface area contributed by atoms with Gasteiger partial charge in [-0.1, -0.05) is 6.08 Å². The van der Waals surface area contributed by atoms with Gasteiger partial charge >= 0.3 is 0 Å². The summed E-state index contributed by atoms with van der Waals surface area (Å²) < 4.78 is -1.26. The molecule has 0 fully saturated rings. The van der Waals surface area contributed by atoms with Crippen LogP contribution in [-0.4, -0.2) is 9.74 Å². The van der Waals surface area contributed by atoms with Gasteiger partial charge in [0.25, 0.3) is 0 Å². The highest BCUT2D eigenvalue weighted by Crippen LogP contribution is 2.09. The molecule has 1 atom stereocenters. The molecule has 42 valence electrons. The molecule has 1 unspecified atom stereocenters. The zero-order chi connectivity index (χ0) is 5.91. The van der Waals surface area contributed by atoms with Gasteiger partial charge in [0, 0.05) is 6.42 Å².